The molecule has 0 saturated carbocycles. The zero-order valence-electron chi connectivity index (χ0n) is 19.9. The number of imidazole rings is 2. The predicted octanol–water partition coefficient (Wildman–Crippen LogP) is 4.21. The van der Waals surface area contributed by atoms with Crippen molar-refractivity contribution in [3.05, 3.63) is 94.9 Å². The fraction of sp³-hybridized carbons (Fsp3) is 0.222. The van der Waals surface area contributed by atoms with Gasteiger partial charge in [-0.05, 0) is 56.5 Å². The lowest BCUT2D eigenvalue weighted by atomic mass is 9.92. The van der Waals surface area contributed by atoms with Crippen LogP contribution in [0.3, 0.4) is 0 Å². The van der Waals surface area contributed by atoms with Crippen molar-refractivity contribution >= 4 is 16.7 Å². The number of H-pyrrole nitrogens is 2. The minimum Gasteiger partial charge on any atom is -0.388 e. The van der Waals surface area contributed by atoms with Crippen molar-refractivity contribution in [1.29, 1.82) is 0 Å². The van der Waals surface area contributed by atoms with Crippen LogP contribution >= 0.6 is 0 Å². The third-order valence-corrected chi connectivity index (χ3v) is 6.23. The maximum Gasteiger partial charge on any atom is 0.261 e. The van der Waals surface area contributed by atoms with Gasteiger partial charge in [-0.1, -0.05) is 30.3 Å². The van der Waals surface area contributed by atoms with Crippen LogP contribution in [-0.2, 0) is 6.42 Å². The van der Waals surface area contributed by atoms with Gasteiger partial charge in [-0.2, -0.15) is 0 Å². The van der Waals surface area contributed by atoms with Gasteiger partial charge in [0.25, 0.3) is 5.56 Å². The van der Waals surface area contributed by atoms with E-state index in [0.717, 1.165) is 27.8 Å². The maximum atomic E-state index is 13.0. The van der Waals surface area contributed by atoms with E-state index in [1.807, 2.05) is 60.2 Å². The maximum absolute atomic E-state index is 13.0. The fourth-order valence-electron chi connectivity index (χ4n) is 4.30. The second kappa shape index (κ2) is 8.88. The molecule has 0 aliphatic rings. The summed E-state index contributed by atoms with van der Waals surface area (Å²) in [6, 6.07) is 15.5. The van der Waals surface area contributed by atoms with Gasteiger partial charge in [0.1, 0.15) is 11.4 Å². The lowest BCUT2D eigenvalue weighted by Gasteiger charge is -2.31. The van der Waals surface area contributed by atoms with Crippen LogP contribution in [0, 0.1) is 6.92 Å². The second-order valence-corrected chi connectivity index (χ2v) is 9.35. The number of fused-ring (bicyclic) bond motifs is 1. The van der Waals surface area contributed by atoms with E-state index in [9.17, 15) is 9.90 Å². The molecule has 0 spiro atoms. The highest BCUT2D eigenvalue weighted by Gasteiger charge is 2.28. The molecule has 2 aromatic carbocycles. The van der Waals surface area contributed by atoms with Gasteiger partial charge in [0.2, 0.25) is 0 Å². The molecule has 0 radical (unpaired) electrons. The number of nitrogens with zero attached hydrogens (tertiary/aromatic N) is 3. The van der Waals surface area contributed by atoms with Gasteiger partial charge < -0.3 is 25.0 Å². The second-order valence-electron chi connectivity index (χ2n) is 9.35. The van der Waals surface area contributed by atoms with Crippen LogP contribution in [0.25, 0.3) is 28.1 Å². The van der Waals surface area contributed by atoms with Crippen LogP contribution in [0.5, 0.6) is 0 Å². The van der Waals surface area contributed by atoms with Gasteiger partial charge in [0, 0.05) is 24.3 Å². The van der Waals surface area contributed by atoms with Crippen molar-refractivity contribution in [2.75, 3.05) is 5.32 Å². The Bertz CT molecular complexity index is 1510. The average Bonchev–Trinajstić information content (AvgIpc) is 3.49. The number of aromatic nitrogens is 5. The molecule has 0 amide bonds. The summed E-state index contributed by atoms with van der Waals surface area (Å²) in [5.74, 6) is 0.462. The molecular formula is C27H28N6O2. The molecule has 4 N–H and O–H groups in total. The summed E-state index contributed by atoms with van der Waals surface area (Å²) in [4.78, 5) is 28.0. The Morgan fingerprint density at radius 2 is 1.97 bits per heavy atom. The first-order valence-electron chi connectivity index (χ1n) is 11.5. The number of rotatable bonds is 7. The molecule has 8 heteroatoms. The van der Waals surface area contributed by atoms with Gasteiger partial charge in [-0.25, -0.2) is 9.97 Å². The van der Waals surface area contributed by atoms with Gasteiger partial charge in [0.05, 0.1) is 34.7 Å². The lowest BCUT2D eigenvalue weighted by Crippen LogP contribution is -2.43. The topological polar surface area (TPSA) is 112 Å². The average molecular weight is 469 g/mol. The zero-order valence-corrected chi connectivity index (χ0v) is 19.9. The molecule has 0 aliphatic heterocycles. The Labute approximate surface area is 202 Å². The molecule has 0 saturated heterocycles. The van der Waals surface area contributed by atoms with Crippen molar-refractivity contribution in [1.82, 2.24) is 24.5 Å². The van der Waals surface area contributed by atoms with Crippen LogP contribution < -0.4 is 10.9 Å². The van der Waals surface area contributed by atoms with Crippen LogP contribution in [0.2, 0.25) is 0 Å². The van der Waals surface area contributed by atoms with E-state index in [-0.39, 0.29) is 11.6 Å². The standard InChI is InChI=1S/C27H28N6O2/c1-17-13-19(33-12-11-28-16-33)15-21-24(17)32-25(31-21)23-20(9-10-29-26(23)34)30-22(27(2,3)35)14-18-7-5-4-6-8-18/h4-13,15-16,22,35H,14H2,1-3H3,(H,31,32)(H2,29,30,34)/t22-/m1/s1. The molecule has 3 aromatic heterocycles. The minimum absolute atomic E-state index is 0.268. The van der Waals surface area contributed by atoms with Crippen molar-refractivity contribution < 1.29 is 5.11 Å². The van der Waals surface area contributed by atoms with Crippen molar-refractivity contribution in [3.8, 4) is 17.1 Å². The quantitative estimate of drug-likeness (QED) is 0.286. The van der Waals surface area contributed by atoms with E-state index in [0.29, 0.717) is 23.5 Å². The molecule has 0 bridgehead atoms. The first-order valence-corrected chi connectivity index (χ1v) is 11.5. The Kier molecular flexibility index (Phi) is 5.74. The van der Waals surface area contributed by atoms with E-state index in [1.54, 1.807) is 38.6 Å². The Balaban J connectivity index is 1.56. The number of aryl methyl sites for hydroxylation is 1. The molecule has 5 rings (SSSR count). The van der Waals surface area contributed by atoms with Crippen LogP contribution in [0.4, 0.5) is 5.69 Å². The Morgan fingerprint density at radius 3 is 2.69 bits per heavy atom. The van der Waals surface area contributed by atoms with E-state index in [2.05, 4.69) is 20.3 Å². The molecule has 0 aliphatic carbocycles. The van der Waals surface area contributed by atoms with Gasteiger partial charge in [0.15, 0.2) is 0 Å². The van der Waals surface area contributed by atoms with E-state index in [4.69, 9.17) is 4.98 Å². The molecule has 1 atom stereocenters. The highest BCUT2D eigenvalue weighted by atomic mass is 16.3. The van der Waals surface area contributed by atoms with Crippen molar-refractivity contribution in [2.45, 2.75) is 38.8 Å². The highest BCUT2D eigenvalue weighted by Crippen LogP contribution is 2.29. The number of nitrogens with one attached hydrogen (secondary N) is 3. The number of hydrogen-bond donors (Lipinski definition) is 4. The van der Waals surface area contributed by atoms with E-state index in [1.165, 1.54) is 0 Å². The van der Waals surface area contributed by atoms with E-state index >= 15 is 0 Å². The molecule has 3 heterocycles. The summed E-state index contributed by atoms with van der Waals surface area (Å²) in [7, 11) is 0. The normalized spacial score (nSPS) is 12.7. The number of pyridine rings is 1. The first kappa shape index (κ1) is 22.6. The molecule has 0 unspecified atom stereocenters. The van der Waals surface area contributed by atoms with Gasteiger partial charge in [-0.15, -0.1) is 0 Å². The summed E-state index contributed by atoms with van der Waals surface area (Å²) < 4.78 is 1.92. The minimum atomic E-state index is -1.04. The number of anilines is 1. The largest absolute Gasteiger partial charge is 0.388 e. The molecule has 5 aromatic rings. The first-order chi connectivity index (χ1) is 16.8. The summed E-state index contributed by atoms with van der Waals surface area (Å²) in [5.41, 5.74) is 4.32. The molecule has 35 heavy (non-hydrogen) atoms. The summed E-state index contributed by atoms with van der Waals surface area (Å²) in [5, 5.41) is 14.3. The molecule has 178 valence electrons. The summed E-state index contributed by atoms with van der Waals surface area (Å²) >= 11 is 0. The van der Waals surface area contributed by atoms with Crippen LogP contribution in [0.15, 0.2) is 78.2 Å². The summed E-state index contributed by atoms with van der Waals surface area (Å²) in [6.45, 7) is 5.53. The number of hydrogen-bond acceptors (Lipinski definition) is 5. The number of aromatic amines is 2. The summed E-state index contributed by atoms with van der Waals surface area (Å²) in [6.07, 6.45) is 7.54. The SMILES string of the molecule is Cc1cc(-n2ccnc2)cc2[nH]c(-c3c(N[C@H](Cc4ccccc4)C(C)(C)O)cc[nH]c3=O)nc12. The Morgan fingerprint density at radius 1 is 1.17 bits per heavy atom. The fourth-order valence-corrected chi connectivity index (χ4v) is 4.30. The predicted molar refractivity (Wildman–Crippen MR) is 138 cm³/mol. The highest BCUT2D eigenvalue weighted by molar-refractivity contribution is 5.86. The Hall–Kier alpha value is -4.17. The number of aliphatic hydroxyl groups is 1. The van der Waals surface area contributed by atoms with Gasteiger partial charge in [-0.3, -0.25) is 4.79 Å². The van der Waals surface area contributed by atoms with Crippen LogP contribution in [0.1, 0.15) is 25.0 Å². The zero-order chi connectivity index (χ0) is 24.6. The number of benzene rings is 2. The third-order valence-electron chi connectivity index (χ3n) is 6.23. The third kappa shape index (κ3) is 4.61. The van der Waals surface area contributed by atoms with Crippen molar-refractivity contribution in [2.24, 2.45) is 0 Å². The van der Waals surface area contributed by atoms with Crippen molar-refractivity contribution in [3.63, 3.8) is 0 Å². The van der Waals surface area contributed by atoms with E-state index < -0.39 is 5.60 Å². The van der Waals surface area contributed by atoms with Crippen LogP contribution in [-0.4, -0.2) is 41.3 Å². The van der Waals surface area contributed by atoms with Gasteiger partial charge >= 0.3 is 0 Å². The lowest BCUT2D eigenvalue weighted by molar-refractivity contribution is 0.0592. The molecule has 8 nitrogen and oxygen atoms in total. The molecular weight excluding hydrogens is 440 g/mol. The monoisotopic (exact) mass is 468 g/mol. The molecule has 0 fully saturated rings. The smallest absolute Gasteiger partial charge is 0.261 e.